The summed E-state index contributed by atoms with van der Waals surface area (Å²) in [7, 11) is 0. The van der Waals surface area contributed by atoms with Crippen LogP contribution in [0.5, 0.6) is 0 Å². The molecule has 4 heteroatoms. The minimum Gasteiger partial charge on any atom is -0.331 e. The lowest BCUT2D eigenvalue weighted by Gasteiger charge is -2.08. The molecular weight excluding hydrogens is 314 g/mol. The number of rotatable bonds is 2. The van der Waals surface area contributed by atoms with Gasteiger partial charge in [-0.15, -0.1) is 0 Å². The molecule has 3 aromatic rings. The second-order valence-electron chi connectivity index (χ2n) is 5.48. The van der Waals surface area contributed by atoms with Crippen LogP contribution in [0, 0.1) is 0 Å². The maximum Gasteiger partial charge on any atom is 0.191 e. The number of benzene rings is 3. The molecule has 3 aromatic carbocycles. The Kier molecular flexibility index (Phi) is 3.81. The fourth-order valence-corrected chi connectivity index (χ4v) is 3.07. The van der Waals surface area contributed by atoms with Gasteiger partial charge in [-0.25, -0.2) is 0 Å². The minimum atomic E-state index is 0.468. The maximum absolute atomic E-state index is 5.34. The van der Waals surface area contributed by atoms with Crippen molar-refractivity contribution < 1.29 is 0 Å². The lowest BCUT2D eigenvalue weighted by molar-refractivity contribution is 1.04. The van der Waals surface area contributed by atoms with E-state index >= 15 is 0 Å². The van der Waals surface area contributed by atoms with Crippen LogP contribution in [-0.4, -0.2) is 10.8 Å². The normalized spacial score (nSPS) is 11.4. The Labute approximate surface area is 146 Å². The Bertz CT molecular complexity index is 885. The molecule has 1 aliphatic rings. The standard InChI is InChI=1S/C20H15N3S/c24-20(21-14-8-2-1-3-9-14)23-22-19-17-12-6-4-10-15(17)16-11-5-7-13-18(16)19/h1-13H,(H2,21,23,24). The number of hydrogen-bond donors (Lipinski definition) is 2. The topological polar surface area (TPSA) is 36.4 Å². The van der Waals surface area contributed by atoms with Crippen molar-refractivity contribution in [3.63, 3.8) is 0 Å². The molecule has 0 bridgehead atoms. The number of thiocarbonyl (C=S) groups is 1. The smallest absolute Gasteiger partial charge is 0.191 e. The van der Waals surface area contributed by atoms with E-state index in [4.69, 9.17) is 12.2 Å². The summed E-state index contributed by atoms with van der Waals surface area (Å²) in [5.74, 6) is 0. The van der Waals surface area contributed by atoms with Crippen LogP contribution in [0.1, 0.15) is 11.1 Å². The van der Waals surface area contributed by atoms with E-state index in [9.17, 15) is 0 Å². The van der Waals surface area contributed by atoms with Crippen molar-refractivity contribution in [1.82, 2.24) is 5.43 Å². The van der Waals surface area contributed by atoms with Crippen molar-refractivity contribution in [3.05, 3.63) is 90.0 Å². The first-order valence-electron chi connectivity index (χ1n) is 7.72. The van der Waals surface area contributed by atoms with E-state index in [0.717, 1.165) is 22.5 Å². The first kappa shape index (κ1) is 14.6. The van der Waals surface area contributed by atoms with Gasteiger partial charge in [0.15, 0.2) is 5.11 Å². The Hall–Kier alpha value is -2.98. The number of hydrogen-bond acceptors (Lipinski definition) is 2. The summed E-state index contributed by atoms with van der Waals surface area (Å²) in [6.07, 6.45) is 0. The van der Waals surface area contributed by atoms with Crippen LogP contribution in [0.25, 0.3) is 11.1 Å². The number of nitrogens with one attached hydrogen (secondary N) is 2. The van der Waals surface area contributed by atoms with Crippen LogP contribution in [0.3, 0.4) is 0 Å². The molecule has 0 atom stereocenters. The van der Waals surface area contributed by atoms with E-state index in [0.29, 0.717) is 5.11 Å². The number of anilines is 1. The molecule has 0 fully saturated rings. The second-order valence-corrected chi connectivity index (χ2v) is 5.89. The predicted octanol–water partition coefficient (Wildman–Crippen LogP) is 4.41. The van der Waals surface area contributed by atoms with Crippen LogP contribution < -0.4 is 10.7 Å². The summed E-state index contributed by atoms with van der Waals surface area (Å²) in [5, 5.41) is 8.16. The fourth-order valence-electron chi connectivity index (χ4n) is 2.90. The van der Waals surface area contributed by atoms with Crippen LogP contribution in [0.15, 0.2) is 84.0 Å². The van der Waals surface area contributed by atoms with Crippen molar-refractivity contribution in [2.45, 2.75) is 0 Å². The van der Waals surface area contributed by atoms with Crippen molar-refractivity contribution in [2.75, 3.05) is 5.32 Å². The fraction of sp³-hybridized carbons (Fsp3) is 0. The SMILES string of the molecule is S=C(NN=C1c2ccccc2-c2ccccc21)Nc1ccccc1. The number of fused-ring (bicyclic) bond motifs is 3. The third kappa shape index (κ3) is 2.68. The van der Waals surface area contributed by atoms with Gasteiger partial charge in [-0.3, -0.25) is 5.43 Å². The van der Waals surface area contributed by atoms with Gasteiger partial charge in [0.25, 0.3) is 0 Å². The Morgan fingerprint density at radius 3 is 1.75 bits per heavy atom. The number of nitrogens with zero attached hydrogens (tertiary/aromatic N) is 1. The monoisotopic (exact) mass is 329 g/mol. The third-order valence-electron chi connectivity index (χ3n) is 3.96. The predicted molar refractivity (Wildman–Crippen MR) is 103 cm³/mol. The molecule has 0 spiro atoms. The molecule has 24 heavy (non-hydrogen) atoms. The molecular formula is C20H15N3S. The zero-order valence-corrected chi connectivity index (χ0v) is 13.7. The molecule has 0 heterocycles. The Balaban J connectivity index is 1.62. The molecule has 0 radical (unpaired) electrons. The van der Waals surface area contributed by atoms with Gasteiger partial charge in [0.1, 0.15) is 0 Å². The molecule has 0 saturated carbocycles. The molecule has 0 aromatic heterocycles. The molecule has 4 rings (SSSR count). The molecule has 0 amide bonds. The number of hydrazone groups is 1. The first-order valence-corrected chi connectivity index (χ1v) is 8.12. The van der Waals surface area contributed by atoms with E-state index in [1.807, 2.05) is 54.6 Å². The molecule has 0 saturated heterocycles. The second kappa shape index (κ2) is 6.26. The lowest BCUT2D eigenvalue weighted by atomic mass is 10.1. The first-order chi connectivity index (χ1) is 11.8. The van der Waals surface area contributed by atoms with Gasteiger partial charge >= 0.3 is 0 Å². The zero-order valence-electron chi connectivity index (χ0n) is 12.9. The van der Waals surface area contributed by atoms with E-state index < -0.39 is 0 Å². The third-order valence-corrected chi connectivity index (χ3v) is 4.15. The molecule has 116 valence electrons. The average Bonchev–Trinajstić information content (AvgIpc) is 2.95. The van der Waals surface area contributed by atoms with Crippen LogP contribution in [0.4, 0.5) is 5.69 Å². The van der Waals surface area contributed by atoms with Gasteiger partial charge in [-0.1, -0.05) is 66.7 Å². The Morgan fingerprint density at radius 2 is 1.17 bits per heavy atom. The largest absolute Gasteiger partial charge is 0.331 e. The van der Waals surface area contributed by atoms with Gasteiger partial charge in [-0.05, 0) is 35.5 Å². The highest BCUT2D eigenvalue weighted by Crippen LogP contribution is 2.36. The van der Waals surface area contributed by atoms with Crippen molar-refractivity contribution in [2.24, 2.45) is 5.10 Å². The molecule has 0 unspecified atom stereocenters. The number of para-hydroxylation sites is 1. The lowest BCUT2D eigenvalue weighted by Crippen LogP contribution is -2.25. The highest BCUT2D eigenvalue weighted by molar-refractivity contribution is 7.80. The van der Waals surface area contributed by atoms with E-state index in [-0.39, 0.29) is 0 Å². The van der Waals surface area contributed by atoms with E-state index in [1.54, 1.807) is 0 Å². The van der Waals surface area contributed by atoms with E-state index in [2.05, 4.69) is 40.1 Å². The highest BCUT2D eigenvalue weighted by Gasteiger charge is 2.23. The summed E-state index contributed by atoms with van der Waals surface area (Å²) >= 11 is 5.34. The summed E-state index contributed by atoms with van der Waals surface area (Å²) in [5.41, 5.74) is 9.46. The molecule has 3 nitrogen and oxygen atoms in total. The van der Waals surface area contributed by atoms with Crippen LogP contribution >= 0.6 is 12.2 Å². The summed E-state index contributed by atoms with van der Waals surface area (Å²) in [6, 6.07) is 26.4. The van der Waals surface area contributed by atoms with Gasteiger partial charge in [0.05, 0.1) is 5.71 Å². The zero-order chi connectivity index (χ0) is 16.4. The molecule has 1 aliphatic carbocycles. The summed E-state index contributed by atoms with van der Waals surface area (Å²) in [4.78, 5) is 0. The van der Waals surface area contributed by atoms with Gasteiger partial charge in [0, 0.05) is 16.8 Å². The van der Waals surface area contributed by atoms with Crippen molar-refractivity contribution in [1.29, 1.82) is 0 Å². The van der Waals surface area contributed by atoms with Crippen LogP contribution in [0.2, 0.25) is 0 Å². The summed E-state index contributed by atoms with van der Waals surface area (Å²) < 4.78 is 0. The highest BCUT2D eigenvalue weighted by atomic mass is 32.1. The van der Waals surface area contributed by atoms with Crippen molar-refractivity contribution in [3.8, 4) is 11.1 Å². The minimum absolute atomic E-state index is 0.468. The average molecular weight is 329 g/mol. The Morgan fingerprint density at radius 1 is 0.667 bits per heavy atom. The van der Waals surface area contributed by atoms with Crippen LogP contribution in [-0.2, 0) is 0 Å². The van der Waals surface area contributed by atoms with Gasteiger partial charge in [-0.2, -0.15) is 5.10 Å². The van der Waals surface area contributed by atoms with Gasteiger partial charge in [0.2, 0.25) is 0 Å². The molecule has 2 N–H and O–H groups in total. The summed E-state index contributed by atoms with van der Waals surface area (Å²) in [6.45, 7) is 0. The van der Waals surface area contributed by atoms with Crippen molar-refractivity contribution >= 4 is 28.7 Å². The molecule has 0 aliphatic heterocycles. The van der Waals surface area contributed by atoms with E-state index in [1.165, 1.54) is 11.1 Å². The van der Waals surface area contributed by atoms with Gasteiger partial charge < -0.3 is 5.32 Å². The maximum atomic E-state index is 5.34. The quantitative estimate of drug-likeness (QED) is 0.422.